The summed E-state index contributed by atoms with van der Waals surface area (Å²) < 4.78 is 0. The molecule has 110 valence electrons. The van der Waals surface area contributed by atoms with Crippen LogP contribution >= 0.6 is 0 Å². The average Bonchev–Trinajstić information content (AvgIpc) is 2.41. The largest absolute Gasteiger partial charge is 0.478 e. The van der Waals surface area contributed by atoms with Gasteiger partial charge in [-0.05, 0) is 19.9 Å². The van der Waals surface area contributed by atoms with E-state index >= 15 is 0 Å². The van der Waals surface area contributed by atoms with Crippen LogP contribution in [0.3, 0.4) is 0 Å². The Labute approximate surface area is 117 Å². The number of nitrogens with one attached hydrogen (secondary N) is 1. The number of amides is 1. The van der Waals surface area contributed by atoms with Gasteiger partial charge in [-0.2, -0.15) is 0 Å². The Bertz CT molecular complexity index is 487. The lowest BCUT2D eigenvalue weighted by Gasteiger charge is -2.18. The van der Waals surface area contributed by atoms with Gasteiger partial charge in [0.1, 0.15) is 11.4 Å². The minimum absolute atomic E-state index is 0.000267. The highest BCUT2D eigenvalue weighted by molar-refractivity contribution is 5.94. The van der Waals surface area contributed by atoms with E-state index in [1.807, 2.05) is 13.8 Å². The molecule has 0 aliphatic heterocycles. The lowest BCUT2D eigenvalue weighted by Crippen LogP contribution is -2.31. The van der Waals surface area contributed by atoms with Gasteiger partial charge in [0.2, 0.25) is 5.91 Å². The maximum absolute atomic E-state index is 11.8. The normalized spacial score (nSPS) is 10.1. The predicted molar refractivity (Wildman–Crippen MR) is 76.6 cm³/mol. The Hall–Kier alpha value is -2.31. The molecule has 0 spiro atoms. The molecule has 7 nitrogen and oxygen atoms in total. The van der Waals surface area contributed by atoms with E-state index in [2.05, 4.69) is 10.3 Å². The summed E-state index contributed by atoms with van der Waals surface area (Å²) in [5.74, 6) is -0.865. The summed E-state index contributed by atoms with van der Waals surface area (Å²) in [6.07, 6.45) is 1.66. The zero-order valence-corrected chi connectivity index (χ0v) is 11.7. The van der Waals surface area contributed by atoms with Crippen molar-refractivity contribution in [1.82, 2.24) is 9.88 Å². The van der Waals surface area contributed by atoms with Gasteiger partial charge in [-0.15, -0.1) is 0 Å². The number of carbonyl (C=O) groups excluding carboxylic acids is 1. The van der Waals surface area contributed by atoms with Gasteiger partial charge in [0.05, 0.1) is 11.9 Å². The molecule has 7 heteroatoms. The maximum atomic E-state index is 11.8. The standard InChI is InChI=1S/C13H20N4O3/c1-3-17(4-2)11(18)5-6-15-12-10(13(19)20)7-9(14)8-16-12/h7-8H,3-6,14H2,1-2H3,(H,15,16)(H,19,20). The van der Waals surface area contributed by atoms with Crippen molar-refractivity contribution >= 4 is 23.4 Å². The summed E-state index contributed by atoms with van der Waals surface area (Å²) in [6.45, 7) is 5.48. The van der Waals surface area contributed by atoms with Gasteiger partial charge in [-0.25, -0.2) is 9.78 Å². The quantitative estimate of drug-likeness (QED) is 0.688. The van der Waals surface area contributed by atoms with Gasteiger partial charge in [-0.3, -0.25) is 4.79 Å². The second kappa shape index (κ2) is 7.32. The minimum atomic E-state index is -1.11. The molecule has 4 N–H and O–H groups in total. The molecule has 0 unspecified atom stereocenters. The van der Waals surface area contributed by atoms with E-state index in [-0.39, 0.29) is 29.4 Å². The van der Waals surface area contributed by atoms with Crippen LogP contribution in [0.4, 0.5) is 11.5 Å². The average molecular weight is 280 g/mol. The summed E-state index contributed by atoms with van der Waals surface area (Å²) in [7, 11) is 0. The summed E-state index contributed by atoms with van der Waals surface area (Å²) in [4.78, 5) is 28.5. The highest BCUT2D eigenvalue weighted by Crippen LogP contribution is 2.15. The van der Waals surface area contributed by atoms with Gasteiger partial charge in [0, 0.05) is 26.1 Å². The first-order valence-electron chi connectivity index (χ1n) is 6.50. The van der Waals surface area contributed by atoms with E-state index in [1.54, 1.807) is 4.90 Å². The van der Waals surface area contributed by atoms with Crippen LogP contribution in [0.25, 0.3) is 0 Å². The first kappa shape index (κ1) is 15.7. The molecule has 1 aromatic rings. The molecule has 0 saturated heterocycles. The molecule has 0 bridgehead atoms. The van der Waals surface area contributed by atoms with Crippen LogP contribution in [0.2, 0.25) is 0 Å². The summed E-state index contributed by atoms with van der Waals surface area (Å²) in [5.41, 5.74) is 5.79. The van der Waals surface area contributed by atoms with Crippen molar-refractivity contribution in [1.29, 1.82) is 0 Å². The smallest absolute Gasteiger partial charge is 0.339 e. The molecule has 1 heterocycles. The maximum Gasteiger partial charge on any atom is 0.339 e. The predicted octanol–water partition coefficient (Wildman–Crippen LogP) is 1.03. The van der Waals surface area contributed by atoms with E-state index in [9.17, 15) is 9.59 Å². The Morgan fingerprint density at radius 3 is 2.60 bits per heavy atom. The molecule has 20 heavy (non-hydrogen) atoms. The zero-order valence-electron chi connectivity index (χ0n) is 11.7. The van der Waals surface area contributed by atoms with Crippen molar-refractivity contribution in [3.05, 3.63) is 17.8 Å². The van der Waals surface area contributed by atoms with Crippen LogP contribution in [-0.2, 0) is 4.79 Å². The van der Waals surface area contributed by atoms with Crippen molar-refractivity contribution < 1.29 is 14.7 Å². The van der Waals surface area contributed by atoms with E-state index in [1.165, 1.54) is 12.3 Å². The molecule has 1 rings (SSSR count). The molecule has 0 fully saturated rings. The number of carboxylic acids is 1. The fraction of sp³-hybridized carbons (Fsp3) is 0.462. The van der Waals surface area contributed by atoms with Crippen LogP contribution in [0.1, 0.15) is 30.6 Å². The number of anilines is 2. The number of nitrogens with zero attached hydrogens (tertiary/aromatic N) is 2. The lowest BCUT2D eigenvalue weighted by atomic mass is 10.2. The van der Waals surface area contributed by atoms with Crippen LogP contribution in [-0.4, -0.2) is 46.5 Å². The highest BCUT2D eigenvalue weighted by atomic mass is 16.4. The van der Waals surface area contributed by atoms with Gasteiger partial charge < -0.3 is 21.1 Å². The Morgan fingerprint density at radius 2 is 2.05 bits per heavy atom. The Balaban J connectivity index is 2.62. The van der Waals surface area contributed by atoms with Crippen molar-refractivity contribution in [2.75, 3.05) is 30.7 Å². The molecule has 0 aliphatic rings. The number of hydrogen-bond donors (Lipinski definition) is 3. The van der Waals surface area contributed by atoms with Crippen molar-refractivity contribution in [2.45, 2.75) is 20.3 Å². The summed E-state index contributed by atoms with van der Waals surface area (Å²) in [6, 6.07) is 1.34. The van der Waals surface area contributed by atoms with E-state index < -0.39 is 5.97 Å². The fourth-order valence-electron chi connectivity index (χ4n) is 1.81. The molecular weight excluding hydrogens is 260 g/mol. The number of carboxylic acid groups (broad SMARTS) is 1. The number of aromatic carboxylic acids is 1. The van der Waals surface area contributed by atoms with Crippen molar-refractivity contribution in [2.24, 2.45) is 0 Å². The molecule has 1 amide bonds. The van der Waals surface area contributed by atoms with Gasteiger partial charge >= 0.3 is 5.97 Å². The minimum Gasteiger partial charge on any atom is -0.478 e. The SMILES string of the molecule is CCN(CC)C(=O)CCNc1ncc(N)cc1C(=O)O. The molecule has 0 saturated carbocycles. The summed E-state index contributed by atoms with van der Waals surface area (Å²) in [5, 5.41) is 11.9. The zero-order chi connectivity index (χ0) is 15.1. The third-order valence-corrected chi connectivity index (χ3v) is 2.89. The molecule has 0 aliphatic carbocycles. The van der Waals surface area contributed by atoms with E-state index in [0.717, 1.165) is 0 Å². The topological polar surface area (TPSA) is 109 Å². The van der Waals surface area contributed by atoms with Crippen LogP contribution in [0, 0.1) is 0 Å². The van der Waals surface area contributed by atoms with E-state index in [4.69, 9.17) is 10.8 Å². The number of hydrogen-bond acceptors (Lipinski definition) is 5. The third-order valence-electron chi connectivity index (χ3n) is 2.89. The first-order valence-corrected chi connectivity index (χ1v) is 6.50. The lowest BCUT2D eigenvalue weighted by molar-refractivity contribution is -0.130. The second-order valence-corrected chi connectivity index (χ2v) is 4.21. The van der Waals surface area contributed by atoms with E-state index in [0.29, 0.717) is 19.6 Å². The van der Waals surface area contributed by atoms with Crippen LogP contribution < -0.4 is 11.1 Å². The molecule has 0 atom stereocenters. The third kappa shape index (κ3) is 4.11. The highest BCUT2D eigenvalue weighted by Gasteiger charge is 2.13. The Kier molecular flexibility index (Phi) is 5.76. The monoisotopic (exact) mass is 280 g/mol. The van der Waals surface area contributed by atoms with Gasteiger partial charge in [0.15, 0.2) is 0 Å². The number of pyridine rings is 1. The molecule has 1 aromatic heterocycles. The molecule has 0 radical (unpaired) electrons. The second-order valence-electron chi connectivity index (χ2n) is 4.21. The van der Waals surface area contributed by atoms with Gasteiger partial charge in [0.25, 0.3) is 0 Å². The number of carbonyl (C=O) groups is 2. The fourth-order valence-corrected chi connectivity index (χ4v) is 1.81. The first-order chi connectivity index (χ1) is 9.49. The van der Waals surface area contributed by atoms with Crippen LogP contribution in [0.15, 0.2) is 12.3 Å². The van der Waals surface area contributed by atoms with Crippen molar-refractivity contribution in [3.8, 4) is 0 Å². The summed E-state index contributed by atoms with van der Waals surface area (Å²) >= 11 is 0. The van der Waals surface area contributed by atoms with Gasteiger partial charge in [-0.1, -0.05) is 0 Å². The number of aromatic nitrogens is 1. The Morgan fingerprint density at radius 1 is 1.40 bits per heavy atom. The van der Waals surface area contributed by atoms with Crippen LogP contribution in [0.5, 0.6) is 0 Å². The number of nitrogen functional groups attached to an aromatic ring is 1. The van der Waals surface area contributed by atoms with Crippen molar-refractivity contribution in [3.63, 3.8) is 0 Å². The number of nitrogens with two attached hydrogens (primary N) is 1. The molecular formula is C13H20N4O3. The number of rotatable bonds is 7. The molecule has 0 aromatic carbocycles.